The number of carbonyl (C=O) groups is 1. The van der Waals surface area contributed by atoms with Crippen LogP contribution >= 0.6 is 0 Å². The second kappa shape index (κ2) is 5.23. The fraction of sp³-hybridized carbons (Fsp3) is 0.714. The third kappa shape index (κ3) is 3.28. The summed E-state index contributed by atoms with van der Waals surface area (Å²) in [6, 6.07) is 0.416. The van der Waals surface area contributed by atoms with Crippen molar-refractivity contribution >= 4 is 5.97 Å². The molecule has 0 saturated heterocycles. The van der Waals surface area contributed by atoms with Gasteiger partial charge in [-0.3, -0.25) is 13.9 Å². The molecular weight excluding hydrogens is 244 g/mol. The van der Waals surface area contributed by atoms with Crippen molar-refractivity contribution in [2.45, 2.75) is 58.5 Å². The lowest BCUT2D eigenvalue weighted by Gasteiger charge is -2.18. The van der Waals surface area contributed by atoms with Crippen LogP contribution in [0, 0.1) is 5.41 Å². The van der Waals surface area contributed by atoms with Gasteiger partial charge >= 0.3 is 11.7 Å². The van der Waals surface area contributed by atoms with E-state index in [2.05, 4.69) is 0 Å². The van der Waals surface area contributed by atoms with Gasteiger partial charge in [-0.05, 0) is 39.5 Å². The molecule has 0 unspecified atom stereocenters. The summed E-state index contributed by atoms with van der Waals surface area (Å²) < 4.78 is 3.53. The first kappa shape index (κ1) is 13.9. The fourth-order valence-electron chi connectivity index (χ4n) is 2.18. The summed E-state index contributed by atoms with van der Waals surface area (Å²) in [5.41, 5.74) is -0.606. The monoisotopic (exact) mass is 266 g/mol. The van der Waals surface area contributed by atoms with Gasteiger partial charge in [-0.1, -0.05) is 6.42 Å². The Hall–Kier alpha value is -1.52. The van der Waals surface area contributed by atoms with E-state index in [0.717, 1.165) is 25.7 Å². The highest BCUT2D eigenvalue weighted by Crippen LogP contribution is 2.33. The normalized spacial score (nSPS) is 15.7. The standard InChI is InChI=1S/C14H22N2O3/c1-14(2,12(17)18)7-3-4-8-15-9-10-16(13(15)19)11-5-6-11/h9-11H,3-8H2,1-2H3,(H,17,18). The first-order valence-corrected chi connectivity index (χ1v) is 6.92. The summed E-state index contributed by atoms with van der Waals surface area (Å²) in [5.74, 6) is -0.760. The van der Waals surface area contributed by atoms with E-state index in [0.29, 0.717) is 19.0 Å². The number of rotatable bonds is 7. The number of aryl methyl sites for hydroxylation is 1. The summed E-state index contributed by atoms with van der Waals surface area (Å²) in [6.07, 6.45) is 8.21. The second-order valence-electron chi connectivity index (χ2n) is 6.06. The molecule has 0 bridgehead atoms. The largest absolute Gasteiger partial charge is 0.481 e. The molecule has 0 aliphatic heterocycles. The van der Waals surface area contributed by atoms with Crippen molar-refractivity contribution in [3.8, 4) is 0 Å². The molecule has 106 valence electrons. The third-order valence-corrected chi connectivity index (χ3v) is 3.84. The molecule has 0 atom stereocenters. The van der Waals surface area contributed by atoms with Gasteiger partial charge in [0.15, 0.2) is 0 Å². The fourth-order valence-corrected chi connectivity index (χ4v) is 2.18. The molecule has 1 aromatic rings. The third-order valence-electron chi connectivity index (χ3n) is 3.84. The van der Waals surface area contributed by atoms with Crippen molar-refractivity contribution in [2.24, 2.45) is 5.41 Å². The number of hydrogen-bond donors (Lipinski definition) is 1. The van der Waals surface area contributed by atoms with E-state index in [9.17, 15) is 9.59 Å². The molecule has 1 N–H and O–H groups in total. The zero-order chi connectivity index (χ0) is 14.0. The van der Waals surface area contributed by atoms with Crippen LogP contribution in [0.1, 0.15) is 52.0 Å². The Kier molecular flexibility index (Phi) is 3.83. The molecule has 5 nitrogen and oxygen atoms in total. The molecule has 0 amide bonds. The Bertz CT molecular complexity index is 509. The van der Waals surface area contributed by atoms with Crippen LogP contribution in [0.3, 0.4) is 0 Å². The van der Waals surface area contributed by atoms with E-state index in [4.69, 9.17) is 5.11 Å². The van der Waals surface area contributed by atoms with Gasteiger partial charge in [0.05, 0.1) is 5.41 Å². The van der Waals surface area contributed by atoms with Crippen LogP contribution in [-0.2, 0) is 11.3 Å². The van der Waals surface area contributed by atoms with Crippen LogP contribution in [-0.4, -0.2) is 20.2 Å². The van der Waals surface area contributed by atoms with Crippen LogP contribution < -0.4 is 5.69 Å². The van der Waals surface area contributed by atoms with Crippen LogP contribution in [0.2, 0.25) is 0 Å². The molecule has 0 aromatic carbocycles. The van der Waals surface area contributed by atoms with Gasteiger partial charge in [0.1, 0.15) is 0 Å². The quantitative estimate of drug-likeness (QED) is 0.770. The van der Waals surface area contributed by atoms with Gasteiger partial charge in [-0.2, -0.15) is 0 Å². The highest BCUT2D eigenvalue weighted by molar-refractivity contribution is 5.73. The van der Waals surface area contributed by atoms with Crippen molar-refractivity contribution < 1.29 is 9.90 Å². The number of imidazole rings is 1. The van der Waals surface area contributed by atoms with Gasteiger partial charge in [0, 0.05) is 25.0 Å². The molecule has 1 aliphatic rings. The Morgan fingerprint density at radius 2 is 2.05 bits per heavy atom. The smallest absolute Gasteiger partial charge is 0.328 e. The highest BCUT2D eigenvalue weighted by Gasteiger charge is 2.27. The molecular formula is C14H22N2O3. The summed E-state index contributed by atoms with van der Waals surface area (Å²) in [4.78, 5) is 22.9. The molecule has 1 aromatic heterocycles. The van der Waals surface area contributed by atoms with Crippen molar-refractivity contribution in [2.75, 3.05) is 0 Å². The lowest BCUT2D eigenvalue weighted by Crippen LogP contribution is -2.25. The Morgan fingerprint density at radius 3 is 2.63 bits per heavy atom. The van der Waals surface area contributed by atoms with E-state index in [1.165, 1.54) is 0 Å². The lowest BCUT2D eigenvalue weighted by molar-refractivity contribution is -0.147. The van der Waals surface area contributed by atoms with E-state index in [1.54, 1.807) is 23.0 Å². The maximum atomic E-state index is 12.0. The molecule has 0 radical (unpaired) electrons. The van der Waals surface area contributed by atoms with Crippen LogP contribution in [0.15, 0.2) is 17.2 Å². The summed E-state index contributed by atoms with van der Waals surface area (Å²) in [6.45, 7) is 4.16. The predicted octanol–water partition coefficient (Wildman–Crippen LogP) is 2.27. The van der Waals surface area contributed by atoms with Gasteiger partial charge < -0.3 is 5.11 Å². The average molecular weight is 266 g/mol. The minimum atomic E-state index is -0.760. The van der Waals surface area contributed by atoms with Crippen molar-refractivity contribution in [1.82, 2.24) is 9.13 Å². The summed E-state index contributed by atoms with van der Waals surface area (Å²) in [5, 5.41) is 9.01. The van der Waals surface area contributed by atoms with E-state index in [-0.39, 0.29) is 5.69 Å². The van der Waals surface area contributed by atoms with E-state index in [1.807, 2.05) is 12.4 Å². The first-order valence-electron chi connectivity index (χ1n) is 6.92. The van der Waals surface area contributed by atoms with Gasteiger partial charge in [0.25, 0.3) is 0 Å². The predicted molar refractivity (Wildman–Crippen MR) is 72.2 cm³/mol. The number of hydrogen-bond acceptors (Lipinski definition) is 2. The minimum Gasteiger partial charge on any atom is -0.481 e. The molecule has 1 saturated carbocycles. The van der Waals surface area contributed by atoms with E-state index < -0.39 is 11.4 Å². The molecule has 5 heteroatoms. The summed E-state index contributed by atoms with van der Waals surface area (Å²) in [7, 11) is 0. The molecule has 19 heavy (non-hydrogen) atoms. The van der Waals surface area contributed by atoms with E-state index >= 15 is 0 Å². The number of carboxylic acids is 1. The molecule has 0 spiro atoms. The Morgan fingerprint density at radius 1 is 1.37 bits per heavy atom. The van der Waals surface area contributed by atoms with Crippen LogP contribution in [0.25, 0.3) is 0 Å². The van der Waals surface area contributed by atoms with Crippen molar-refractivity contribution in [3.05, 3.63) is 22.9 Å². The van der Waals surface area contributed by atoms with Crippen LogP contribution in [0.4, 0.5) is 0 Å². The maximum absolute atomic E-state index is 12.0. The highest BCUT2D eigenvalue weighted by atomic mass is 16.4. The second-order valence-corrected chi connectivity index (χ2v) is 6.06. The van der Waals surface area contributed by atoms with Gasteiger partial charge in [-0.25, -0.2) is 4.79 Å². The topological polar surface area (TPSA) is 64.2 Å². The molecule has 1 heterocycles. The minimum absolute atomic E-state index is 0.0694. The molecule has 1 fully saturated rings. The zero-order valence-corrected chi connectivity index (χ0v) is 11.6. The number of carboxylic acid groups (broad SMARTS) is 1. The van der Waals surface area contributed by atoms with Gasteiger partial charge in [-0.15, -0.1) is 0 Å². The average Bonchev–Trinajstić information content (AvgIpc) is 3.11. The van der Waals surface area contributed by atoms with Crippen molar-refractivity contribution in [3.63, 3.8) is 0 Å². The molecule has 1 aliphatic carbocycles. The van der Waals surface area contributed by atoms with Crippen molar-refractivity contribution in [1.29, 1.82) is 0 Å². The Balaban J connectivity index is 1.80. The number of aromatic nitrogens is 2. The maximum Gasteiger partial charge on any atom is 0.328 e. The van der Waals surface area contributed by atoms with Gasteiger partial charge in [0.2, 0.25) is 0 Å². The number of unbranched alkanes of at least 4 members (excludes halogenated alkanes) is 1. The zero-order valence-electron chi connectivity index (χ0n) is 11.6. The lowest BCUT2D eigenvalue weighted by atomic mass is 9.87. The molecule has 2 rings (SSSR count). The summed E-state index contributed by atoms with van der Waals surface area (Å²) >= 11 is 0. The van der Waals surface area contributed by atoms with Crippen LogP contribution in [0.5, 0.6) is 0 Å². The SMILES string of the molecule is CC(C)(CCCCn1ccn(C2CC2)c1=O)C(=O)O. The first-order chi connectivity index (χ1) is 8.92. The number of nitrogens with zero attached hydrogens (tertiary/aromatic N) is 2. The number of aliphatic carboxylic acids is 1. The Labute approximate surface area is 112 Å².